The van der Waals surface area contributed by atoms with Crippen LogP contribution in [-0.4, -0.2) is 29.4 Å². The van der Waals surface area contributed by atoms with Crippen LogP contribution in [0.5, 0.6) is 0 Å². The van der Waals surface area contributed by atoms with Crippen LogP contribution in [0.25, 0.3) is 0 Å². The molecule has 3 rings (SSSR count). The Kier molecular flexibility index (Phi) is 4.71. The third-order valence-corrected chi connectivity index (χ3v) is 4.43. The Labute approximate surface area is 150 Å². The average molecular weight is 354 g/mol. The fourth-order valence-corrected chi connectivity index (χ4v) is 3.00. The van der Waals surface area contributed by atoms with Gasteiger partial charge in [0.2, 0.25) is 0 Å². The number of hydrogen-bond donors (Lipinski definition) is 0. The number of nitrogens with zero attached hydrogens (tertiary/aromatic N) is 2. The van der Waals surface area contributed by atoms with Crippen molar-refractivity contribution in [2.75, 3.05) is 11.4 Å². The summed E-state index contributed by atoms with van der Waals surface area (Å²) in [6, 6.07) is 11.7. The summed E-state index contributed by atoms with van der Waals surface area (Å²) in [7, 11) is 0. The molecule has 1 unspecified atom stereocenters. The molecule has 1 aliphatic rings. The first-order valence-corrected chi connectivity index (χ1v) is 8.24. The Balaban J connectivity index is 1.73. The van der Waals surface area contributed by atoms with Crippen molar-refractivity contribution in [1.82, 2.24) is 0 Å². The van der Waals surface area contributed by atoms with Crippen LogP contribution in [0.3, 0.4) is 0 Å². The van der Waals surface area contributed by atoms with Crippen LogP contribution in [0.4, 0.5) is 11.4 Å². The number of para-hydroxylation sites is 1. The highest BCUT2D eigenvalue weighted by Crippen LogP contribution is 2.28. The van der Waals surface area contributed by atoms with Crippen LogP contribution in [0.1, 0.15) is 28.4 Å². The number of aryl methyl sites for hydroxylation is 1. The standard InChI is InChI=1S/C19H18N2O5/c1-12-7-8-15(11-17(12)21(24)25)19(23)26-13(2)18(22)20-10-9-14-5-3-4-6-16(14)20/h3-8,11,13H,9-10H2,1-2H3. The zero-order chi connectivity index (χ0) is 18.8. The summed E-state index contributed by atoms with van der Waals surface area (Å²) in [5, 5.41) is 11.0. The van der Waals surface area contributed by atoms with Gasteiger partial charge in [-0.2, -0.15) is 0 Å². The predicted octanol–water partition coefficient (Wildman–Crippen LogP) is 3.04. The number of benzene rings is 2. The van der Waals surface area contributed by atoms with Crippen molar-refractivity contribution >= 4 is 23.3 Å². The molecule has 26 heavy (non-hydrogen) atoms. The quantitative estimate of drug-likeness (QED) is 0.478. The van der Waals surface area contributed by atoms with Gasteiger partial charge >= 0.3 is 5.97 Å². The molecule has 0 radical (unpaired) electrons. The summed E-state index contributed by atoms with van der Waals surface area (Å²) >= 11 is 0. The minimum absolute atomic E-state index is 0.0452. The molecule has 1 aliphatic heterocycles. The summed E-state index contributed by atoms with van der Waals surface area (Å²) in [6.45, 7) is 3.63. The largest absolute Gasteiger partial charge is 0.449 e. The third-order valence-electron chi connectivity index (χ3n) is 4.43. The summed E-state index contributed by atoms with van der Waals surface area (Å²) < 4.78 is 5.25. The molecule has 0 spiro atoms. The van der Waals surface area contributed by atoms with Gasteiger partial charge in [-0.3, -0.25) is 14.9 Å². The van der Waals surface area contributed by atoms with Gasteiger partial charge in [0.05, 0.1) is 10.5 Å². The number of hydrogen-bond acceptors (Lipinski definition) is 5. The molecule has 0 aromatic heterocycles. The normalized spacial score (nSPS) is 13.8. The maximum Gasteiger partial charge on any atom is 0.339 e. The van der Waals surface area contributed by atoms with Gasteiger partial charge in [-0.05, 0) is 38.0 Å². The molecule has 1 heterocycles. The highest BCUT2D eigenvalue weighted by atomic mass is 16.6. The predicted molar refractivity (Wildman–Crippen MR) is 95.2 cm³/mol. The zero-order valence-electron chi connectivity index (χ0n) is 14.5. The molecule has 0 aliphatic carbocycles. The van der Waals surface area contributed by atoms with Gasteiger partial charge in [0.25, 0.3) is 11.6 Å². The van der Waals surface area contributed by atoms with Crippen molar-refractivity contribution in [2.45, 2.75) is 26.4 Å². The van der Waals surface area contributed by atoms with Crippen LogP contribution in [0, 0.1) is 17.0 Å². The number of esters is 1. The minimum atomic E-state index is -0.992. The van der Waals surface area contributed by atoms with E-state index < -0.39 is 17.0 Å². The smallest absolute Gasteiger partial charge is 0.339 e. The molecule has 7 heteroatoms. The molecular weight excluding hydrogens is 336 g/mol. The second-order valence-corrected chi connectivity index (χ2v) is 6.17. The van der Waals surface area contributed by atoms with Gasteiger partial charge in [-0.1, -0.05) is 24.3 Å². The Morgan fingerprint density at radius 2 is 1.96 bits per heavy atom. The first-order valence-electron chi connectivity index (χ1n) is 8.24. The maximum atomic E-state index is 12.6. The van der Waals surface area contributed by atoms with E-state index in [1.165, 1.54) is 25.1 Å². The average Bonchev–Trinajstić information content (AvgIpc) is 3.05. The Morgan fingerprint density at radius 1 is 1.23 bits per heavy atom. The van der Waals surface area contributed by atoms with E-state index in [4.69, 9.17) is 4.74 Å². The molecular formula is C19H18N2O5. The lowest BCUT2D eigenvalue weighted by atomic mass is 10.1. The van der Waals surface area contributed by atoms with Gasteiger partial charge in [0, 0.05) is 23.9 Å². The first kappa shape index (κ1) is 17.6. The van der Waals surface area contributed by atoms with Crippen LogP contribution in [0.2, 0.25) is 0 Å². The number of carbonyl (C=O) groups is 2. The molecule has 0 fully saturated rings. The highest BCUT2D eigenvalue weighted by molar-refractivity contribution is 6.00. The van der Waals surface area contributed by atoms with E-state index in [0.717, 1.165) is 17.7 Å². The molecule has 1 atom stereocenters. The molecule has 0 N–H and O–H groups in total. The maximum absolute atomic E-state index is 12.6. The first-order chi connectivity index (χ1) is 12.4. The van der Waals surface area contributed by atoms with E-state index in [0.29, 0.717) is 12.1 Å². The summed E-state index contributed by atoms with van der Waals surface area (Å²) in [5.41, 5.74) is 2.24. The van der Waals surface area contributed by atoms with Gasteiger partial charge in [0.1, 0.15) is 0 Å². The molecule has 2 aromatic carbocycles. The van der Waals surface area contributed by atoms with Crippen molar-refractivity contribution < 1.29 is 19.2 Å². The highest BCUT2D eigenvalue weighted by Gasteiger charge is 2.30. The number of anilines is 1. The molecule has 2 aromatic rings. The molecule has 7 nitrogen and oxygen atoms in total. The molecule has 0 saturated carbocycles. The van der Waals surface area contributed by atoms with Crippen molar-refractivity contribution in [3.05, 3.63) is 69.3 Å². The van der Waals surface area contributed by atoms with E-state index in [2.05, 4.69) is 0 Å². The number of nitro benzene ring substituents is 1. The van der Waals surface area contributed by atoms with Crippen molar-refractivity contribution in [3.8, 4) is 0 Å². The molecule has 134 valence electrons. The van der Waals surface area contributed by atoms with Gasteiger partial charge in [0.15, 0.2) is 6.10 Å². The number of amides is 1. The fourth-order valence-electron chi connectivity index (χ4n) is 3.00. The lowest BCUT2D eigenvalue weighted by Gasteiger charge is -2.21. The molecule has 1 amide bonds. The third kappa shape index (κ3) is 3.28. The SMILES string of the molecule is Cc1ccc(C(=O)OC(C)C(=O)N2CCc3ccccc32)cc1[N+](=O)[O-]. The van der Waals surface area contributed by atoms with E-state index in [-0.39, 0.29) is 17.2 Å². The summed E-state index contributed by atoms with van der Waals surface area (Å²) in [6.07, 6.45) is -0.235. The van der Waals surface area contributed by atoms with Gasteiger partial charge < -0.3 is 9.64 Å². The Morgan fingerprint density at radius 3 is 2.69 bits per heavy atom. The van der Waals surface area contributed by atoms with Crippen molar-refractivity contribution in [1.29, 1.82) is 0 Å². The minimum Gasteiger partial charge on any atom is -0.449 e. The van der Waals surface area contributed by atoms with Gasteiger partial charge in [-0.25, -0.2) is 4.79 Å². The zero-order valence-corrected chi connectivity index (χ0v) is 14.5. The number of nitro groups is 1. The summed E-state index contributed by atoms with van der Waals surface area (Å²) in [5.74, 6) is -1.08. The lowest BCUT2D eigenvalue weighted by molar-refractivity contribution is -0.385. The Bertz CT molecular complexity index is 893. The van der Waals surface area contributed by atoms with E-state index in [9.17, 15) is 19.7 Å². The van der Waals surface area contributed by atoms with E-state index in [1.54, 1.807) is 11.8 Å². The van der Waals surface area contributed by atoms with Crippen LogP contribution < -0.4 is 4.90 Å². The number of fused-ring (bicyclic) bond motifs is 1. The topological polar surface area (TPSA) is 89.8 Å². The number of rotatable bonds is 4. The fraction of sp³-hybridized carbons (Fsp3) is 0.263. The second kappa shape index (κ2) is 6.95. The van der Waals surface area contributed by atoms with E-state index in [1.807, 2.05) is 24.3 Å². The summed E-state index contributed by atoms with van der Waals surface area (Å²) in [4.78, 5) is 37.0. The van der Waals surface area contributed by atoms with E-state index >= 15 is 0 Å². The number of ether oxygens (including phenoxy) is 1. The van der Waals surface area contributed by atoms with Crippen molar-refractivity contribution in [3.63, 3.8) is 0 Å². The second-order valence-electron chi connectivity index (χ2n) is 6.17. The molecule has 0 bridgehead atoms. The van der Waals surface area contributed by atoms with Crippen LogP contribution in [-0.2, 0) is 16.0 Å². The monoisotopic (exact) mass is 354 g/mol. The Hall–Kier alpha value is -3.22. The van der Waals surface area contributed by atoms with Gasteiger partial charge in [-0.15, -0.1) is 0 Å². The number of carbonyl (C=O) groups excluding carboxylic acids is 2. The van der Waals surface area contributed by atoms with Crippen LogP contribution in [0.15, 0.2) is 42.5 Å². The van der Waals surface area contributed by atoms with Crippen molar-refractivity contribution in [2.24, 2.45) is 0 Å². The molecule has 0 saturated heterocycles. The van der Waals surface area contributed by atoms with Crippen LogP contribution >= 0.6 is 0 Å². The lowest BCUT2D eigenvalue weighted by Crippen LogP contribution is -2.39.